The Labute approximate surface area is 194 Å². The molecule has 8 nitrogen and oxygen atoms in total. The third kappa shape index (κ3) is 5.20. The molecule has 2 aromatic heterocycles. The molecule has 0 saturated carbocycles. The summed E-state index contributed by atoms with van der Waals surface area (Å²) in [4.78, 5) is 42.0. The van der Waals surface area contributed by atoms with E-state index in [1.165, 1.54) is 18.8 Å². The molecule has 0 aliphatic rings. The molecule has 2 N–H and O–H groups in total. The molecule has 0 atom stereocenters. The van der Waals surface area contributed by atoms with Crippen LogP contribution in [0.3, 0.4) is 0 Å². The number of rotatable bonds is 8. The SMILES string of the molecule is CCOC(=O)c1c(NC(=O)CSc2nccn2-c2cccc(C)c2)sc(C(=O)NC)c1C. The fraction of sp³-hybridized carbons (Fsp3) is 0.273. The Bertz CT molecular complexity index is 1150. The summed E-state index contributed by atoms with van der Waals surface area (Å²) in [6, 6.07) is 7.98. The van der Waals surface area contributed by atoms with E-state index in [1.54, 1.807) is 20.0 Å². The molecule has 32 heavy (non-hydrogen) atoms. The van der Waals surface area contributed by atoms with Gasteiger partial charge in [0.15, 0.2) is 5.16 Å². The molecule has 168 valence electrons. The van der Waals surface area contributed by atoms with Crippen LogP contribution >= 0.6 is 23.1 Å². The number of esters is 1. The largest absolute Gasteiger partial charge is 0.462 e. The minimum absolute atomic E-state index is 0.0807. The van der Waals surface area contributed by atoms with Crippen molar-refractivity contribution in [1.29, 1.82) is 0 Å². The molecule has 1 aromatic carbocycles. The van der Waals surface area contributed by atoms with Crippen LogP contribution in [0.1, 0.15) is 38.1 Å². The highest BCUT2D eigenvalue weighted by molar-refractivity contribution is 7.99. The summed E-state index contributed by atoms with van der Waals surface area (Å²) in [7, 11) is 1.51. The van der Waals surface area contributed by atoms with Crippen LogP contribution in [0.5, 0.6) is 0 Å². The summed E-state index contributed by atoms with van der Waals surface area (Å²) in [6.45, 7) is 5.56. The maximum absolute atomic E-state index is 12.7. The number of nitrogens with one attached hydrogen (secondary N) is 2. The number of hydrogen-bond donors (Lipinski definition) is 2. The first-order valence-electron chi connectivity index (χ1n) is 9.91. The van der Waals surface area contributed by atoms with Gasteiger partial charge in [0.1, 0.15) is 5.00 Å². The number of carbonyl (C=O) groups is 3. The number of thiophene rings is 1. The van der Waals surface area contributed by atoms with E-state index in [1.807, 2.05) is 42.0 Å². The summed E-state index contributed by atoms with van der Waals surface area (Å²) in [5.74, 6) is -1.14. The second kappa shape index (κ2) is 10.5. The number of ether oxygens (including phenoxy) is 1. The lowest BCUT2D eigenvalue weighted by Crippen LogP contribution is -2.18. The number of hydrogen-bond acceptors (Lipinski definition) is 7. The summed E-state index contributed by atoms with van der Waals surface area (Å²) < 4.78 is 7.03. The Morgan fingerprint density at radius 1 is 1.25 bits per heavy atom. The molecular weight excluding hydrogens is 448 g/mol. The van der Waals surface area contributed by atoms with Gasteiger partial charge < -0.3 is 15.4 Å². The predicted octanol–water partition coefficient (Wildman–Crippen LogP) is 3.82. The van der Waals surface area contributed by atoms with Crippen molar-refractivity contribution in [3.8, 4) is 5.69 Å². The maximum atomic E-state index is 12.7. The van der Waals surface area contributed by atoms with Crippen molar-refractivity contribution >= 4 is 45.9 Å². The van der Waals surface area contributed by atoms with Crippen molar-refractivity contribution in [2.45, 2.75) is 25.9 Å². The molecule has 0 spiro atoms. The van der Waals surface area contributed by atoms with Gasteiger partial charge in [0, 0.05) is 25.1 Å². The Kier molecular flexibility index (Phi) is 7.70. The second-order valence-corrected chi connectivity index (χ2v) is 8.78. The van der Waals surface area contributed by atoms with Gasteiger partial charge in [0.05, 0.1) is 22.8 Å². The van der Waals surface area contributed by atoms with Gasteiger partial charge >= 0.3 is 5.97 Å². The van der Waals surface area contributed by atoms with Crippen molar-refractivity contribution in [2.24, 2.45) is 0 Å². The first kappa shape index (κ1) is 23.6. The molecule has 0 saturated heterocycles. The van der Waals surface area contributed by atoms with Gasteiger partial charge in [0.2, 0.25) is 5.91 Å². The number of thioether (sulfide) groups is 1. The highest BCUT2D eigenvalue weighted by Crippen LogP contribution is 2.34. The molecule has 3 rings (SSSR count). The number of benzene rings is 1. The van der Waals surface area contributed by atoms with Crippen LogP contribution in [0, 0.1) is 13.8 Å². The predicted molar refractivity (Wildman–Crippen MR) is 126 cm³/mol. The number of carbonyl (C=O) groups excluding carboxylic acids is 3. The van der Waals surface area contributed by atoms with Crippen LogP contribution in [0.4, 0.5) is 5.00 Å². The standard InChI is InChI=1S/C22H24N4O4S2/c1-5-30-21(29)17-14(3)18(19(28)23-4)32-20(17)25-16(27)12-31-22-24-9-10-26(22)15-8-6-7-13(2)11-15/h6-11H,5,12H2,1-4H3,(H,23,28)(H,25,27). The molecule has 0 aliphatic heterocycles. The minimum atomic E-state index is -0.575. The van der Waals surface area contributed by atoms with Gasteiger partial charge in [0.25, 0.3) is 5.91 Å². The molecule has 10 heteroatoms. The van der Waals surface area contributed by atoms with Crippen LogP contribution in [-0.4, -0.2) is 46.7 Å². The van der Waals surface area contributed by atoms with Gasteiger partial charge in [-0.15, -0.1) is 11.3 Å². The smallest absolute Gasteiger partial charge is 0.341 e. The lowest BCUT2D eigenvalue weighted by Gasteiger charge is -2.09. The number of imidazole rings is 1. The van der Waals surface area contributed by atoms with Gasteiger partial charge in [-0.2, -0.15) is 0 Å². The van der Waals surface area contributed by atoms with E-state index in [9.17, 15) is 14.4 Å². The number of aryl methyl sites for hydroxylation is 1. The van der Waals surface area contributed by atoms with E-state index in [0.717, 1.165) is 22.6 Å². The van der Waals surface area contributed by atoms with E-state index in [4.69, 9.17) is 4.74 Å². The zero-order valence-corrected chi connectivity index (χ0v) is 19.9. The third-order valence-corrected chi connectivity index (χ3v) is 6.70. The van der Waals surface area contributed by atoms with Gasteiger partial charge in [-0.1, -0.05) is 23.9 Å². The molecule has 3 aromatic rings. The van der Waals surface area contributed by atoms with Crippen molar-refractivity contribution in [3.05, 3.63) is 58.2 Å². The zero-order chi connectivity index (χ0) is 23.3. The van der Waals surface area contributed by atoms with E-state index >= 15 is 0 Å². The highest BCUT2D eigenvalue weighted by Gasteiger charge is 2.26. The van der Waals surface area contributed by atoms with Gasteiger partial charge in [-0.3, -0.25) is 14.2 Å². The molecule has 0 fully saturated rings. The molecule has 2 amide bonds. The quantitative estimate of drug-likeness (QED) is 0.382. The molecule has 0 bridgehead atoms. The minimum Gasteiger partial charge on any atom is -0.462 e. The van der Waals surface area contributed by atoms with Crippen LogP contribution in [0.15, 0.2) is 41.8 Å². The second-order valence-electron chi connectivity index (χ2n) is 6.82. The van der Waals surface area contributed by atoms with E-state index in [0.29, 0.717) is 20.6 Å². The van der Waals surface area contributed by atoms with Gasteiger partial charge in [-0.25, -0.2) is 9.78 Å². The first-order chi connectivity index (χ1) is 15.3. The molecule has 2 heterocycles. The Morgan fingerprint density at radius 2 is 2.03 bits per heavy atom. The zero-order valence-electron chi connectivity index (χ0n) is 18.2. The summed E-state index contributed by atoms with van der Waals surface area (Å²) in [5.41, 5.74) is 2.76. The maximum Gasteiger partial charge on any atom is 0.341 e. The lowest BCUT2D eigenvalue weighted by atomic mass is 10.1. The fourth-order valence-corrected chi connectivity index (χ4v) is 4.97. The van der Waals surface area contributed by atoms with E-state index in [-0.39, 0.29) is 29.7 Å². The molecule has 0 unspecified atom stereocenters. The Balaban J connectivity index is 1.77. The normalized spacial score (nSPS) is 10.6. The fourth-order valence-electron chi connectivity index (χ4n) is 3.04. The topological polar surface area (TPSA) is 102 Å². The van der Waals surface area contributed by atoms with Crippen molar-refractivity contribution < 1.29 is 19.1 Å². The summed E-state index contributed by atoms with van der Waals surface area (Å²) in [6.07, 6.45) is 3.52. The third-order valence-electron chi connectivity index (χ3n) is 4.53. The van der Waals surface area contributed by atoms with Crippen LogP contribution in [0.2, 0.25) is 0 Å². The number of amides is 2. The highest BCUT2D eigenvalue weighted by atomic mass is 32.2. The summed E-state index contributed by atoms with van der Waals surface area (Å²) in [5, 5.41) is 6.28. The Morgan fingerprint density at radius 3 is 2.72 bits per heavy atom. The Hall–Kier alpha value is -3.11. The van der Waals surface area contributed by atoms with E-state index < -0.39 is 5.97 Å². The first-order valence-corrected chi connectivity index (χ1v) is 11.7. The van der Waals surface area contributed by atoms with Crippen LogP contribution in [0.25, 0.3) is 5.69 Å². The molecule has 0 radical (unpaired) electrons. The number of nitrogens with zero attached hydrogens (tertiary/aromatic N) is 2. The van der Waals surface area contributed by atoms with Crippen molar-refractivity contribution in [3.63, 3.8) is 0 Å². The monoisotopic (exact) mass is 472 g/mol. The molecular formula is C22H24N4O4S2. The van der Waals surface area contributed by atoms with Crippen LogP contribution in [-0.2, 0) is 9.53 Å². The molecule has 0 aliphatic carbocycles. The average molecular weight is 473 g/mol. The van der Waals surface area contributed by atoms with E-state index in [2.05, 4.69) is 15.6 Å². The van der Waals surface area contributed by atoms with Crippen molar-refractivity contribution in [2.75, 3.05) is 24.7 Å². The number of aromatic nitrogens is 2. The lowest BCUT2D eigenvalue weighted by molar-refractivity contribution is -0.113. The summed E-state index contributed by atoms with van der Waals surface area (Å²) >= 11 is 2.33. The van der Waals surface area contributed by atoms with Crippen molar-refractivity contribution in [1.82, 2.24) is 14.9 Å². The van der Waals surface area contributed by atoms with Gasteiger partial charge in [-0.05, 0) is 44.0 Å². The van der Waals surface area contributed by atoms with Crippen LogP contribution < -0.4 is 10.6 Å². The average Bonchev–Trinajstić information content (AvgIpc) is 3.36. The number of anilines is 1.